The molecule has 2 rings (SSSR count). The first-order valence-corrected chi connectivity index (χ1v) is 6.91. The largest absolute Gasteiger partial charge is 0.476 e. The molecular formula is C14H11Cl2FN2O4. The zero-order valence-corrected chi connectivity index (χ0v) is 13.3. The zero-order chi connectivity index (χ0) is 17.1. The van der Waals surface area contributed by atoms with Crippen LogP contribution in [0.25, 0.3) is 11.3 Å². The molecule has 0 radical (unpaired) electrons. The van der Waals surface area contributed by atoms with Crippen LogP contribution in [0.1, 0.15) is 10.5 Å². The molecule has 0 fully saturated rings. The van der Waals surface area contributed by atoms with Crippen molar-refractivity contribution in [2.24, 2.45) is 0 Å². The number of ether oxygens (including phenoxy) is 2. The van der Waals surface area contributed by atoms with Crippen molar-refractivity contribution in [3.8, 4) is 17.0 Å². The minimum atomic E-state index is -1.38. The van der Waals surface area contributed by atoms with Gasteiger partial charge in [-0.3, -0.25) is 0 Å². The van der Waals surface area contributed by atoms with Crippen LogP contribution in [-0.2, 0) is 4.74 Å². The van der Waals surface area contributed by atoms with Crippen LogP contribution in [0.15, 0.2) is 18.2 Å². The number of hydrogen-bond donors (Lipinski definition) is 2. The molecule has 0 saturated heterocycles. The van der Waals surface area contributed by atoms with Crippen molar-refractivity contribution in [2.45, 2.75) is 0 Å². The lowest BCUT2D eigenvalue weighted by Crippen LogP contribution is -2.06. The number of pyridine rings is 1. The number of nitrogens with two attached hydrogens (primary N) is 1. The van der Waals surface area contributed by atoms with Crippen molar-refractivity contribution in [1.29, 1.82) is 0 Å². The molecule has 0 aliphatic heterocycles. The number of carboxylic acid groups (broad SMARTS) is 1. The van der Waals surface area contributed by atoms with Gasteiger partial charge in [-0.05, 0) is 18.2 Å². The molecule has 0 unspecified atom stereocenters. The Morgan fingerprint density at radius 2 is 2.13 bits per heavy atom. The molecule has 3 N–H and O–H groups in total. The fraction of sp³-hybridized carbons (Fsp3) is 0.143. The van der Waals surface area contributed by atoms with Gasteiger partial charge in [-0.25, -0.2) is 14.2 Å². The Balaban J connectivity index is 2.61. The highest BCUT2D eigenvalue weighted by atomic mass is 35.5. The Hall–Kier alpha value is -2.09. The van der Waals surface area contributed by atoms with Crippen LogP contribution >= 0.6 is 23.2 Å². The standard InChI is InChI=1S/C14H11Cl2FN2O4/c1-22-5-23-13-7(15)3-2-6(11(13)17)9-4-8(18)10(16)12(19-9)14(20)21/h2-4H,5H2,1H3,(H2,18,19)(H,20,21). The molecule has 1 aromatic heterocycles. The van der Waals surface area contributed by atoms with Crippen molar-refractivity contribution in [3.05, 3.63) is 39.8 Å². The number of carboxylic acids is 1. The molecule has 0 aliphatic rings. The monoisotopic (exact) mass is 360 g/mol. The molecule has 2 aromatic rings. The fourth-order valence-electron chi connectivity index (χ4n) is 1.81. The summed E-state index contributed by atoms with van der Waals surface area (Å²) in [5.41, 5.74) is 5.10. The van der Waals surface area contributed by atoms with Crippen molar-refractivity contribution in [2.75, 3.05) is 19.6 Å². The number of methoxy groups -OCH3 is 1. The summed E-state index contributed by atoms with van der Waals surface area (Å²) >= 11 is 11.7. The number of nitrogen functional groups attached to an aromatic ring is 1. The molecule has 1 heterocycles. The van der Waals surface area contributed by atoms with E-state index in [4.69, 9.17) is 43.5 Å². The van der Waals surface area contributed by atoms with Crippen LogP contribution in [0.4, 0.5) is 10.1 Å². The first kappa shape index (κ1) is 17.3. The van der Waals surface area contributed by atoms with Gasteiger partial charge in [0, 0.05) is 12.7 Å². The maximum Gasteiger partial charge on any atom is 0.356 e. The number of rotatable bonds is 5. The summed E-state index contributed by atoms with van der Waals surface area (Å²) in [4.78, 5) is 15.0. The summed E-state index contributed by atoms with van der Waals surface area (Å²) in [5, 5.41) is 8.90. The van der Waals surface area contributed by atoms with Crippen molar-refractivity contribution in [3.63, 3.8) is 0 Å². The first-order valence-electron chi connectivity index (χ1n) is 6.16. The molecule has 0 atom stereocenters. The van der Waals surface area contributed by atoms with Crippen molar-refractivity contribution in [1.82, 2.24) is 4.98 Å². The maximum absolute atomic E-state index is 14.6. The molecule has 0 saturated carbocycles. The highest BCUT2D eigenvalue weighted by Gasteiger charge is 2.20. The third-order valence-corrected chi connectivity index (χ3v) is 3.53. The van der Waals surface area contributed by atoms with Gasteiger partial charge in [-0.2, -0.15) is 0 Å². The summed E-state index contributed by atoms with van der Waals surface area (Å²) in [6.07, 6.45) is 0. The van der Waals surface area contributed by atoms with E-state index in [1.54, 1.807) is 0 Å². The van der Waals surface area contributed by atoms with E-state index in [0.29, 0.717) is 0 Å². The molecule has 0 aliphatic carbocycles. The van der Waals surface area contributed by atoms with Crippen LogP contribution in [0.3, 0.4) is 0 Å². The molecule has 0 spiro atoms. The number of hydrogen-bond acceptors (Lipinski definition) is 5. The number of anilines is 1. The quantitative estimate of drug-likeness (QED) is 0.792. The highest BCUT2D eigenvalue weighted by Crippen LogP contribution is 2.36. The van der Waals surface area contributed by atoms with Gasteiger partial charge in [0.05, 0.1) is 21.4 Å². The minimum Gasteiger partial charge on any atom is -0.476 e. The van der Waals surface area contributed by atoms with E-state index in [0.717, 1.165) is 0 Å². The Labute approximate surface area is 140 Å². The third-order valence-electron chi connectivity index (χ3n) is 2.83. The molecule has 9 heteroatoms. The number of halogens is 3. The molecule has 122 valence electrons. The lowest BCUT2D eigenvalue weighted by Gasteiger charge is -2.12. The van der Waals surface area contributed by atoms with Gasteiger partial charge in [0.2, 0.25) is 0 Å². The number of carbonyl (C=O) groups is 1. The highest BCUT2D eigenvalue weighted by molar-refractivity contribution is 6.35. The number of aromatic carboxylic acids is 1. The SMILES string of the molecule is COCOc1c(Cl)ccc(-c2cc(N)c(Cl)c(C(=O)O)n2)c1F. The predicted molar refractivity (Wildman–Crippen MR) is 83.5 cm³/mol. The van der Waals surface area contributed by atoms with Gasteiger partial charge in [0.15, 0.2) is 24.1 Å². The number of aromatic nitrogens is 1. The van der Waals surface area contributed by atoms with E-state index >= 15 is 0 Å². The van der Waals surface area contributed by atoms with Gasteiger partial charge >= 0.3 is 5.97 Å². The van der Waals surface area contributed by atoms with Crippen molar-refractivity contribution >= 4 is 34.9 Å². The molecule has 0 bridgehead atoms. The Bertz CT molecular complexity index is 771. The van der Waals surface area contributed by atoms with Gasteiger partial charge < -0.3 is 20.3 Å². The molecule has 23 heavy (non-hydrogen) atoms. The normalized spacial score (nSPS) is 10.6. The van der Waals surface area contributed by atoms with Crippen LogP contribution < -0.4 is 10.5 Å². The minimum absolute atomic E-state index is 0.0132. The van der Waals surface area contributed by atoms with Crippen LogP contribution in [-0.4, -0.2) is 30.0 Å². The zero-order valence-electron chi connectivity index (χ0n) is 11.8. The number of benzene rings is 1. The van der Waals surface area contributed by atoms with Gasteiger partial charge in [0.25, 0.3) is 0 Å². The maximum atomic E-state index is 14.6. The summed E-state index contributed by atoms with van der Waals surface area (Å²) < 4.78 is 24.4. The lowest BCUT2D eigenvalue weighted by molar-refractivity contribution is 0.0484. The van der Waals surface area contributed by atoms with Gasteiger partial charge in [-0.15, -0.1) is 0 Å². The van der Waals surface area contributed by atoms with E-state index in [1.807, 2.05) is 0 Å². The Kier molecular flexibility index (Phi) is 5.25. The van der Waals surface area contributed by atoms with E-state index < -0.39 is 17.5 Å². The molecule has 1 aromatic carbocycles. The van der Waals surface area contributed by atoms with Crippen LogP contribution in [0, 0.1) is 5.82 Å². The predicted octanol–water partition coefficient (Wildman–Crippen LogP) is 3.46. The van der Waals surface area contributed by atoms with E-state index in [2.05, 4.69) is 4.98 Å². The summed E-state index contributed by atoms with van der Waals surface area (Å²) in [6.45, 7) is -0.212. The topological polar surface area (TPSA) is 94.7 Å². The average molecular weight is 361 g/mol. The second-order valence-corrected chi connectivity index (χ2v) is 5.14. The summed E-state index contributed by atoms with van der Waals surface area (Å²) in [5.74, 6) is -2.44. The summed E-state index contributed by atoms with van der Waals surface area (Å²) in [6, 6.07) is 3.98. The van der Waals surface area contributed by atoms with Gasteiger partial charge in [0.1, 0.15) is 0 Å². The first-order chi connectivity index (χ1) is 10.9. The van der Waals surface area contributed by atoms with Crippen LogP contribution in [0.5, 0.6) is 5.75 Å². The molecule has 6 nitrogen and oxygen atoms in total. The van der Waals surface area contributed by atoms with E-state index in [1.165, 1.54) is 25.3 Å². The number of nitrogens with zero attached hydrogens (tertiary/aromatic N) is 1. The van der Waals surface area contributed by atoms with E-state index in [9.17, 15) is 9.18 Å². The third kappa shape index (κ3) is 3.47. The van der Waals surface area contributed by atoms with Gasteiger partial charge in [-0.1, -0.05) is 23.2 Å². The summed E-state index contributed by atoms with van der Waals surface area (Å²) in [7, 11) is 1.37. The molecular weight excluding hydrogens is 350 g/mol. The second-order valence-electron chi connectivity index (χ2n) is 4.35. The van der Waals surface area contributed by atoms with Crippen LogP contribution in [0.2, 0.25) is 10.0 Å². The molecule has 0 amide bonds. The smallest absolute Gasteiger partial charge is 0.356 e. The second kappa shape index (κ2) is 6.99. The average Bonchev–Trinajstić information content (AvgIpc) is 2.49. The fourth-order valence-corrected chi connectivity index (χ4v) is 2.19. The Morgan fingerprint density at radius 1 is 1.43 bits per heavy atom. The lowest BCUT2D eigenvalue weighted by atomic mass is 10.1. The van der Waals surface area contributed by atoms with E-state index in [-0.39, 0.29) is 39.5 Å². The van der Waals surface area contributed by atoms with Crippen molar-refractivity contribution < 1.29 is 23.8 Å². The Morgan fingerprint density at radius 3 is 2.74 bits per heavy atom.